The second-order valence-corrected chi connectivity index (χ2v) is 12.0. The maximum Gasteiger partial charge on any atom is 0.273 e. The molecule has 0 atom stereocenters. The second kappa shape index (κ2) is 7.72. The van der Waals surface area contributed by atoms with Crippen LogP contribution in [0.1, 0.15) is 23.1 Å². The third kappa shape index (κ3) is 3.84. The van der Waals surface area contributed by atoms with E-state index in [-0.39, 0.29) is 9.10 Å². The molecular weight excluding hydrogens is 440 g/mol. The summed E-state index contributed by atoms with van der Waals surface area (Å²) in [4.78, 5) is 0.173. The Bertz CT molecular complexity index is 1300. The summed E-state index contributed by atoms with van der Waals surface area (Å²) in [6.45, 7) is 4.15. The van der Waals surface area contributed by atoms with Crippen molar-refractivity contribution >= 4 is 42.8 Å². The summed E-state index contributed by atoms with van der Waals surface area (Å²) >= 11 is 1.17. The molecule has 158 valence electrons. The van der Waals surface area contributed by atoms with Crippen LogP contribution in [0.25, 0.3) is 0 Å². The number of fused-ring (bicyclic) bond motifs is 1. The highest BCUT2D eigenvalue weighted by molar-refractivity contribution is 7.94. The standard InChI is InChI=1S/C21H22N2O4S3/c1-15-7-10-19(13-16(15)2)29(24,25)22-18-9-8-17-5-3-11-23(20(17)14-18)30(26,27)21-6-4-12-28-21/h4,6-10,12-14,22H,3,5,11H2,1-2H3. The van der Waals surface area contributed by atoms with Crippen LogP contribution in [-0.4, -0.2) is 23.4 Å². The van der Waals surface area contributed by atoms with E-state index in [9.17, 15) is 16.8 Å². The Balaban J connectivity index is 1.70. The summed E-state index contributed by atoms with van der Waals surface area (Å²) in [5, 5.41) is 1.73. The molecule has 1 aliphatic heterocycles. The van der Waals surface area contributed by atoms with Crippen molar-refractivity contribution in [3.63, 3.8) is 0 Å². The Morgan fingerprint density at radius 2 is 1.77 bits per heavy atom. The van der Waals surface area contributed by atoms with Crippen LogP contribution in [0.5, 0.6) is 0 Å². The SMILES string of the molecule is Cc1ccc(S(=O)(=O)Nc2ccc3c(c2)N(S(=O)(=O)c2cccs2)CCC3)cc1C. The molecule has 3 aromatic rings. The van der Waals surface area contributed by atoms with Crippen molar-refractivity contribution in [1.29, 1.82) is 0 Å². The van der Waals surface area contributed by atoms with Gasteiger partial charge in [0.05, 0.1) is 16.3 Å². The second-order valence-electron chi connectivity index (χ2n) is 7.31. The predicted molar refractivity (Wildman–Crippen MR) is 120 cm³/mol. The molecule has 2 heterocycles. The van der Waals surface area contributed by atoms with Gasteiger partial charge >= 0.3 is 0 Å². The first kappa shape index (κ1) is 20.9. The number of hydrogen-bond acceptors (Lipinski definition) is 5. The fourth-order valence-electron chi connectivity index (χ4n) is 3.47. The topological polar surface area (TPSA) is 83.6 Å². The Labute approximate surface area is 181 Å². The number of nitrogens with zero attached hydrogens (tertiary/aromatic N) is 1. The number of anilines is 2. The molecule has 0 amide bonds. The number of sulfonamides is 2. The maximum atomic E-state index is 13.1. The van der Waals surface area contributed by atoms with Gasteiger partial charge in [-0.1, -0.05) is 18.2 Å². The van der Waals surface area contributed by atoms with Crippen LogP contribution in [-0.2, 0) is 26.5 Å². The fraction of sp³-hybridized carbons (Fsp3) is 0.238. The molecule has 0 saturated heterocycles. The van der Waals surface area contributed by atoms with Crippen molar-refractivity contribution < 1.29 is 16.8 Å². The van der Waals surface area contributed by atoms with Gasteiger partial charge in [0.15, 0.2) is 0 Å². The molecule has 6 nitrogen and oxygen atoms in total. The van der Waals surface area contributed by atoms with Gasteiger partial charge < -0.3 is 0 Å². The molecule has 2 aromatic carbocycles. The quantitative estimate of drug-likeness (QED) is 0.613. The van der Waals surface area contributed by atoms with Crippen molar-refractivity contribution in [2.24, 2.45) is 0 Å². The minimum absolute atomic E-state index is 0.173. The van der Waals surface area contributed by atoms with Crippen molar-refractivity contribution in [2.45, 2.75) is 35.8 Å². The highest BCUT2D eigenvalue weighted by Gasteiger charge is 2.30. The summed E-state index contributed by atoms with van der Waals surface area (Å²) < 4.78 is 56.2. The number of hydrogen-bond donors (Lipinski definition) is 1. The van der Waals surface area contributed by atoms with Crippen LogP contribution in [0, 0.1) is 13.8 Å². The smallest absolute Gasteiger partial charge is 0.273 e. The maximum absolute atomic E-state index is 13.1. The third-order valence-electron chi connectivity index (χ3n) is 5.24. The minimum Gasteiger partial charge on any atom is -0.280 e. The summed E-state index contributed by atoms with van der Waals surface area (Å²) in [6, 6.07) is 13.3. The zero-order chi connectivity index (χ0) is 21.5. The molecule has 0 spiro atoms. The average molecular weight is 463 g/mol. The van der Waals surface area contributed by atoms with Crippen LogP contribution >= 0.6 is 11.3 Å². The molecule has 0 aliphatic carbocycles. The van der Waals surface area contributed by atoms with E-state index in [0.29, 0.717) is 24.3 Å². The summed E-state index contributed by atoms with van der Waals surface area (Å²) in [6.07, 6.45) is 1.46. The minimum atomic E-state index is -3.79. The van der Waals surface area contributed by atoms with Gasteiger partial charge in [0.1, 0.15) is 4.21 Å². The summed E-state index contributed by atoms with van der Waals surface area (Å²) in [7, 11) is -7.47. The summed E-state index contributed by atoms with van der Waals surface area (Å²) in [5.41, 5.74) is 3.64. The van der Waals surface area contributed by atoms with Crippen molar-refractivity contribution in [3.8, 4) is 0 Å². The zero-order valence-electron chi connectivity index (χ0n) is 16.6. The number of nitrogens with one attached hydrogen (secondary N) is 1. The zero-order valence-corrected chi connectivity index (χ0v) is 19.1. The van der Waals surface area contributed by atoms with Gasteiger partial charge in [-0.3, -0.25) is 9.03 Å². The first-order valence-corrected chi connectivity index (χ1v) is 13.3. The lowest BCUT2D eigenvalue weighted by Crippen LogP contribution is -2.35. The molecule has 4 rings (SSSR count). The molecule has 1 N–H and O–H groups in total. The fourth-order valence-corrected chi connectivity index (χ4v) is 7.24. The van der Waals surface area contributed by atoms with Crippen molar-refractivity contribution in [3.05, 3.63) is 70.6 Å². The molecular formula is C21H22N2O4S3. The molecule has 9 heteroatoms. The average Bonchev–Trinajstić information content (AvgIpc) is 3.25. The van der Waals surface area contributed by atoms with Gasteiger partial charge in [-0.15, -0.1) is 11.3 Å². The highest BCUT2D eigenvalue weighted by Crippen LogP contribution is 2.35. The van der Waals surface area contributed by atoms with E-state index < -0.39 is 20.0 Å². The summed E-state index contributed by atoms with van der Waals surface area (Å²) in [5.74, 6) is 0. The van der Waals surface area contributed by atoms with Crippen LogP contribution in [0.15, 0.2) is 63.0 Å². The van der Waals surface area contributed by atoms with Crippen LogP contribution in [0.2, 0.25) is 0 Å². The first-order chi connectivity index (χ1) is 14.2. The van der Waals surface area contributed by atoms with Gasteiger partial charge in [0, 0.05) is 6.54 Å². The van der Waals surface area contributed by atoms with Gasteiger partial charge in [-0.2, -0.15) is 0 Å². The van der Waals surface area contributed by atoms with E-state index in [1.807, 2.05) is 13.8 Å². The van der Waals surface area contributed by atoms with Gasteiger partial charge in [-0.05, 0) is 79.1 Å². The van der Waals surface area contributed by atoms with Gasteiger partial charge in [0.2, 0.25) is 0 Å². The van der Waals surface area contributed by atoms with E-state index in [0.717, 1.165) is 23.1 Å². The molecule has 0 radical (unpaired) electrons. The van der Waals surface area contributed by atoms with Crippen LogP contribution in [0.4, 0.5) is 11.4 Å². The largest absolute Gasteiger partial charge is 0.280 e. The predicted octanol–water partition coefficient (Wildman–Crippen LogP) is 4.31. The van der Waals surface area contributed by atoms with E-state index in [2.05, 4.69) is 4.72 Å². The molecule has 0 fully saturated rings. The number of benzene rings is 2. The lowest BCUT2D eigenvalue weighted by Gasteiger charge is -2.30. The monoisotopic (exact) mass is 462 g/mol. The first-order valence-electron chi connectivity index (χ1n) is 9.48. The van der Waals surface area contributed by atoms with Crippen molar-refractivity contribution in [2.75, 3.05) is 15.6 Å². The van der Waals surface area contributed by atoms with Crippen LogP contribution < -0.4 is 9.03 Å². The molecule has 0 saturated carbocycles. The Morgan fingerprint density at radius 1 is 0.967 bits per heavy atom. The molecule has 1 aromatic heterocycles. The number of rotatable bonds is 5. The van der Waals surface area contributed by atoms with E-state index in [1.54, 1.807) is 53.9 Å². The Kier molecular flexibility index (Phi) is 5.37. The van der Waals surface area contributed by atoms with E-state index in [4.69, 9.17) is 0 Å². The molecule has 0 bridgehead atoms. The Morgan fingerprint density at radius 3 is 2.47 bits per heavy atom. The lowest BCUT2D eigenvalue weighted by molar-refractivity contribution is 0.588. The lowest BCUT2D eigenvalue weighted by atomic mass is 10.0. The molecule has 30 heavy (non-hydrogen) atoms. The van der Waals surface area contributed by atoms with Crippen LogP contribution in [0.3, 0.4) is 0 Å². The molecule has 0 unspecified atom stereocenters. The Hall–Kier alpha value is -2.36. The number of aryl methyl sites for hydroxylation is 3. The van der Waals surface area contributed by atoms with Crippen molar-refractivity contribution in [1.82, 2.24) is 0 Å². The highest BCUT2D eigenvalue weighted by atomic mass is 32.2. The van der Waals surface area contributed by atoms with E-state index in [1.165, 1.54) is 15.6 Å². The van der Waals surface area contributed by atoms with Gasteiger partial charge in [-0.25, -0.2) is 16.8 Å². The molecule has 1 aliphatic rings. The normalized spacial score (nSPS) is 14.4. The van der Waals surface area contributed by atoms with E-state index >= 15 is 0 Å². The third-order valence-corrected chi connectivity index (χ3v) is 9.81. The number of thiophene rings is 1. The van der Waals surface area contributed by atoms with Gasteiger partial charge in [0.25, 0.3) is 20.0 Å².